The van der Waals surface area contributed by atoms with Gasteiger partial charge < -0.3 is 14.2 Å². The van der Waals surface area contributed by atoms with E-state index >= 15 is 0 Å². The van der Waals surface area contributed by atoms with E-state index < -0.39 is 17.3 Å². The van der Waals surface area contributed by atoms with E-state index in [9.17, 15) is 13.7 Å². The number of benzene rings is 1. The topological polar surface area (TPSA) is 86.6 Å². The number of carbonyl (C=O) groups is 1. The molecule has 5 rings (SSSR count). The molecule has 0 saturated carbocycles. The first-order valence-electron chi connectivity index (χ1n) is 8.73. The number of nitrogens with zero attached hydrogens (tertiary/aromatic N) is 5. The molecule has 0 bridgehead atoms. The van der Waals surface area contributed by atoms with Crippen LogP contribution in [0.4, 0.5) is 20.6 Å². The highest BCUT2D eigenvalue weighted by Crippen LogP contribution is 2.44. The molecule has 142 valence electrons. The number of hydrogen-bond donors (Lipinski definition) is 0. The highest BCUT2D eigenvalue weighted by Gasteiger charge is 2.57. The average Bonchev–Trinajstić information content (AvgIpc) is 3.20. The number of cyclic esters (lactones) is 1. The summed E-state index contributed by atoms with van der Waals surface area (Å²) < 4.78 is 31.3. The molecule has 3 fully saturated rings. The van der Waals surface area contributed by atoms with E-state index in [2.05, 4.69) is 10.2 Å². The minimum Gasteiger partial charge on any atom is -0.616 e. The lowest BCUT2D eigenvalue weighted by Gasteiger charge is -2.55. The Balaban J connectivity index is 1.26. The normalized spacial score (nSPS) is 24.1. The van der Waals surface area contributed by atoms with Gasteiger partial charge in [-0.1, -0.05) is 11.2 Å². The Hall–Kier alpha value is -2.33. The van der Waals surface area contributed by atoms with Crippen LogP contribution >= 0.6 is 0 Å². The zero-order valence-electron chi connectivity index (χ0n) is 14.5. The van der Waals surface area contributed by atoms with Crippen molar-refractivity contribution < 1.29 is 18.5 Å². The molecule has 3 aliphatic heterocycles. The number of rotatable bonds is 4. The number of carbonyl (C=O) groups excluding carboxylic acids is 1. The van der Waals surface area contributed by atoms with Gasteiger partial charge in [0.25, 0.3) is 0 Å². The van der Waals surface area contributed by atoms with Crippen molar-refractivity contribution in [3.63, 3.8) is 0 Å². The van der Waals surface area contributed by atoms with Crippen LogP contribution in [0.15, 0.2) is 30.6 Å². The van der Waals surface area contributed by atoms with Gasteiger partial charge in [0, 0.05) is 13.1 Å². The standard InChI is InChI=1S/C17H18FN5O3S/c18-14-5-12(1-2-15(14)21-8-17(9-21)10-27(25)11-17)22-6-13(26-16(22)24)7-23-19-3-4-20-23/h1-5,13H,6-11H2/t13-/m1/s1. The van der Waals surface area contributed by atoms with Crippen LogP contribution in [-0.4, -0.2) is 62.9 Å². The van der Waals surface area contributed by atoms with Crippen molar-refractivity contribution >= 4 is 28.6 Å². The minimum absolute atomic E-state index is 0.114. The lowest BCUT2D eigenvalue weighted by Crippen LogP contribution is -2.68. The predicted octanol–water partition coefficient (Wildman–Crippen LogP) is 1.01. The Morgan fingerprint density at radius 3 is 2.70 bits per heavy atom. The van der Waals surface area contributed by atoms with Crippen LogP contribution < -0.4 is 9.80 Å². The van der Waals surface area contributed by atoms with Crippen LogP contribution in [0.25, 0.3) is 0 Å². The maximum Gasteiger partial charge on any atom is 0.414 e. The van der Waals surface area contributed by atoms with E-state index in [1.807, 2.05) is 4.90 Å². The average molecular weight is 391 g/mol. The van der Waals surface area contributed by atoms with Gasteiger partial charge in [0.05, 0.1) is 42.3 Å². The van der Waals surface area contributed by atoms with Gasteiger partial charge in [-0.25, -0.2) is 9.18 Å². The van der Waals surface area contributed by atoms with E-state index in [0.717, 1.165) is 24.6 Å². The SMILES string of the molecule is O=C1O[C@@H](Cn2nccn2)CN1c1ccc(N2CC3(C2)C[S+]([O-])C3)c(F)c1. The fourth-order valence-corrected chi connectivity index (χ4v) is 5.67. The first-order chi connectivity index (χ1) is 13.0. The van der Waals surface area contributed by atoms with Crippen molar-refractivity contribution in [2.24, 2.45) is 5.41 Å². The molecule has 10 heteroatoms. The molecule has 8 nitrogen and oxygen atoms in total. The van der Waals surface area contributed by atoms with Gasteiger partial charge in [-0.2, -0.15) is 15.0 Å². The summed E-state index contributed by atoms with van der Waals surface area (Å²) in [5, 5.41) is 8.01. The summed E-state index contributed by atoms with van der Waals surface area (Å²) in [5.41, 5.74) is 1.10. The minimum atomic E-state index is -0.701. The molecule has 2 aromatic rings. The summed E-state index contributed by atoms with van der Waals surface area (Å²) >= 11 is -0.701. The largest absolute Gasteiger partial charge is 0.616 e. The second-order valence-corrected chi connectivity index (χ2v) is 8.88. The zero-order valence-corrected chi connectivity index (χ0v) is 15.3. The van der Waals surface area contributed by atoms with Crippen LogP contribution in [0.2, 0.25) is 0 Å². The van der Waals surface area contributed by atoms with Crippen LogP contribution in [0.5, 0.6) is 0 Å². The highest BCUT2D eigenvalue weighted by molar-refractivity contribution is 7.92. The summed E-state index contributed by atoms with van der Waals surface area (Å²) in [6.45, 7) is 2.14. The van der Waals surface area contributed by atoms with Crippen molar-refractivity contribution in [3.8, 4) is 0 Å². The number of ether oxygens (including phenoxy) is 1. The lowest BCUT2D eigenvalue weighted by molar-refractivity contribution is 0.126. The van der Waals surface area contributed by atoms with Crippen LogP contribution in [0.1, 0.15) is 0 Å². The number of hydrogen-bond acceptors (Lipinski definition) is 6. The maximum atomic E-state index is 14.7. The van der Waals surface area contributed by atoms with E-state index in [-0.39, 0.29) is 17.3 Å². The van der Waals surface area contributed by atoms with Gasteiger partial charge in [-0.05, 0) is 18.2 Å². The molecule has 1 aromatic carbocycles. The highest BCUT2D eigenvalue weighted by atomic mass is 32.2. The summed E-state index contributed by atoms with van der Waals surface area (Å²) in [6.07, 6.45) is 2.23. The lowest BCUT2D eigenvalue weighted by atomic mass is 9.82. The third kappa shape index (κ3) is 2.92. The molecule has 0 N–H and O–H groups in total. The van der Waals surface area contributed by atoms with Crippen molar-refractivity contribution in [1.29, 1.82) is 0 Å². The van der Waals surface area contributed by atoms with Gasteiger partial charge in [0.1, 0.15) is 23.4 Å². The molecule has 1 atom stereocenters. The summed E-state index contributed by atoms with van der Waals surface area (Å²) in [4.78, 5) is 17.0. The third-order valence-electron chi connectivity index (χ3n) is 5.28. The first kappa shape index (κ1) is 16.8. The summed E-state index contributed by atoms with van der Waals surface area (Å²) in [6, 6.07) is 4.80. The number of amides is 1. The molecule has 0 radical (unpaired) electrons. The Morgan fingerprint density at radius 1 is 1.30 bits per heavy atom. The molecular formula is C17H18FN5O3S. The monoisotopic (exact) mass is 391 g/mol. The van der Waals surface area contributed by atoms with Gasteiger partial charge in [-0.15, -0.1) is 0 Å². The molecule has 0 unspecified atom stereocenters. The Bertz CT molecular complexity index is 865. The van der Waals surface area contributed by atoms with Gasteiger partial charge >= 0.3 is 6.09 Å². The number of halogens is 1. The van der Waals surface area contributed by atoms with Crippen molar-refractivity contribution in [2.45, 2.75) is 12.6 Å². The van der Waals surface area contributed by atoms with Crippen molar-refractivity contribution in [3.05, 3.63) is 36.4 Å². The molecule has 1 aromatic heterocycles. The number of aromatic nitrogens is 3. The molecule has 1 amide bonds. The Labute approximate surface area is 158 Å². The van der Waals surface area contributed by atoms with E-state index in [1.165, 1.54) is 15.8 Å². The molecule has 3 saturated heterocycles. The Morgan fingerprint density at radius 2 is 2.04 bits per heavy atom. The second-order valence-electron chi connectivity index (χ2n) is 7.42. The Kier molecular flexibility index (Phi) is 3.80. The fourth-order valence-electron chi connectivity index (χ4n) is 4.02. The molecular weight excluding hydrogens is 373 g/mol. The molecule has 3 aliphatic rings. The number of anilines is 2. The van der Waals surface area contributed by atoms with Crippen molar-refractivity contribution in [2.75, 3.05) is 40.9 Å². The molecule has 0 aliphatic carbocycles. The quantitative estimate of drug-likeness (QED) is 0.723. The summed E-state index contributed by atoms with van der Waals surface area (Å²) in [5.74, 6) is 1.07. The summed E-state index contributed by atoms with van der Waals surface area (Å²) in [7, 11) is 0. The van der Waals surface area contributed by atoms with Crippen molar-refractivity contribution in [1.82, 2.24) is 15.0 Å². The fraction of sp³-hybridized carbons (Fsp3) is 0.471. The first-order valence-corrected chi connectivity index (χ1v) is 10.2. The van der Waals surface area contributed by atoms with Crippen LogP contribution in [-0.2, 0) is 22.5 Å². The second kappa shape index (κ2) is 6.10. The van der Waals surface area contributed by atoms with Crippen LogP contribution in [0, 0.1) is 11.2 Å². The molecule has 1 spiro atoms. The van der Waals surface area contributed by atoms with E-state index in [4.69, 9.17) is 4.74 Å². The molecule has 4 heterocycles. The van der Waals surface area contributed by atoms with Gasteiger partial charge in [0.15, 0.2) is 0 Å². The maximum absolute atomic E-state index is 14.7. The smallest absolute Gasteiger partial charge is 0.414 e. The van der Waals surface area contributed by atoms with E-state index in [0.29, 0.717) is 24.5 Å². The van der Waals surface area contributed by atoms with Gasteiger partial charge in [0.2, 0.25) is 0 Å². The van der Waals surface area contributed by atoms with Crippen LogP contribution in [0.3, 0.4) is 0 Å². The van der Waals surface area contributed by atoms with Gasteiger partial charge in [-0.3, -0.25) is 4.90 Å². The predicted molar refractivity (Wildman–Crippen MR) is 96.6 cm³/mol. The third-order valence-corrected chi connectivity index (χ3v) is 7.15. The molecule has 27 heavy (non-hydrogen) atoms. The zero-order chi connectivity index (χ0) is 18.6. The van der Waals surface area contributed by atoms with E-state index in [1.54, 1.807) is 24.5 Å².